The summed E-state index contributed by atoms with van der Waals surface area (Å²) in [7, 11) is 0. The molecule has 0 saturated carbocycles. The zero-order chi connectivity index (χ0) is 13.2. The van der Waals surface area contributed by atoms with E-state index < -0.39 is 11.9 Å². The molecule has 0 spiro atoms. The molecule has 0 amide bonds. The molecule has 4 heteroatoms. The van der Waals surface area contributed by atoms with Crippen molar-refractivity contribution >= 4 is 23.3 Å². The van der Waals surface area contributed by atoms with Gasteiger partial charge in [-0.3, -0.25) is 4.79 Å². The zero-order valence-electron chi connectivity index (χ0n) is 10.3. The minimum Gasteiger partial charge on any atom is -0.481 e. The van der Waals surface area contributed by atoms with Crippen molar-refractivity contribution in [2.75, 3.05) is 5.73 Å². The summed E-state index contributed by atoms with van der Waals surface area (Å²) in [6.07, 6.45) is 0.392. The summed E-state index contributed by atoms with van der Waals surface area (Å²) >= 11 is 6.07. The Morgan fingerprint density at radius 2 is 2.06 bits per heavy atom. The first-order chi connectivity index (χ1) is 7.73. The molecule has 0 radical (unpaired) electrons. The molecule has 1 aromatic carbocycles. The first kappa shape index (κ1) is 13.8. The minimum absolute atomic E-state index is 0.320. The zero-order valence-corrected chi connectivity index (χ0v) is 11.1. The molecule has 0 fully saturated rings. The lowest BCUT2D eigenvalue weighted by atomic mass is 9.77. The Hall–Kier alpha value is -1.22. The van der Waals surface area contributed by atoms with Crippen LogP contribution in [0.15, 0.2) is 18.2 Å². The second kappa shape index (κ2) is 4.96. The molecule has 1 rings (SSSR count). The lowest BCUT2D eigenvalue weighted by Crippen LogP contribution is -2.30. The first-order valence-electron chi connectivity index (χ1n) is 5.49. The molecule has 1 unspecified atom stereocenters. The third-order valence-electron chi connectivity index (χ3n) is 2.88. The second-order valence-corrected chi connectivity index (χ2v) is 5.66. The van der Waals surface area contributed by atoms with Gasteiger partial charge >= 0.3 is 5.97 Å². The summed E-state index contributed by atoms with van der Waals surface area (Å²) in [4.78, 5) is 11.3. The first-order valence-corrected chi connectivity index (χ1v) is 5.87. The molecule has 0 saturated heterocycles. The summed E-state index contributed by atoms with van der Waals surface area (Å²) < 4.78 is 0. The van der Waals surface area contributed by atoms with Crippen LogP contribution >= 0.6 is 11.6 Å². The average molecular weight is 256 g/mol. The number of hydrogen-bond acceptors (Lipinski definition) is 2. The van der Waals surface area contributed by atoms with E-state index in [1.807, 2.05) is 26.8 Å². The lowest BCUT2D eigenvalue weighted by molar-refractivity contribution is -0.145. The number of anilines is 1. The average Bonchev–Trinajstić information content (AvgIpc) is 2.17. The van der Waals surface area contributed by atoms with Crippen molar-refractivity contribution in [3.63, 3.8) is 0 Å². The molecule has 0 aliphatic heterocycles. The number of carboxylic acids is 1. The molecular weight excluding hydrogens is 238 g/mol. The highest BCUT2D eigenvalue weighted by Gasteiger charge is 2.31. The van der Waals surface area contributed by atoms with E-state index in [1.165, 1.54) is 0 Å². The van der Waals surface area contributed by atoms with Crippen LogP contribution in [0.5, 0.6) is 0 Å². The van der Waals surface area contributed by atoms with E-state index in [1.54, 1.807) is 12.1 Å². The molecule has 0 aliphatic carbocycles. The van der Waals surface area contributed by atoms with Crippen molar-refractivity contribution in [3.8, 4) is 0 Å². The van der Waals surface area contributed by atoms with Gasteiger partial charge < -0.3 is 10.8 Å². The lowest BCUT2D eigenvalue weighted by Gasteiger charge is -2.27. The fourth-order valence-corrected chi connectivity index (χ4v) is 1.94. The highest BCUT2D eigenvalue weighted by Crippen LogP contribution is 2.33. The van der Waals surface area contributed by atoms with Crippen LogP contribution in [0, 0.1) is 11.3 Å². The Bertz CT molecular complexity index is 424. The molecular formula is C13H18ClNO2. The Morgan fingerprint density at radius 1 is 1.47 bits per heavy atom. The van der Waals surface area contributed by atoms with Gasteiger partial charge in [-0.2, -0.15) is 0 Å². The third kappa shape index (κ3) is 3.37. The maximum Gasteiger partial charge on any atom is 0.307 e. The Kier molecular flexibility index (Phi) is 4.04. The topological polar surface area (TPSA) is 63.3 Å². The second-order valence-electron chi connectivity index (χ2n) is 5.28. The summed E-state index contributed by atoms with van der Waals surface area (Å²) in [5.41, 5.74) is 6.66. The maximum atomic E-state index is 11.3. The predicted molar refractivity (Wildman–Crippen MR) is 70.1 cm³/mol. The van der Waals surface area contributed by atoms with Crippen LogP contribution in [-0.2, 0) is 11.2 Å². The fourth-order valence-electron chi connectivity index (χ4n) is 1.74. The van der Waals surface area contributed by atoms with Crippen LogP contribution in [0.4, 0.5) is 5.69 Å². The number of carbonyl (C=O) groups is 1. The van der Waals surface area contributed by atoms with Crippen molar-refractivity contribution in [3.05, 3.63) is 28.8 Å². The van der Waals surface area contributed by atoms with Gasteiger partial charge in [-0.15, -0.1) is 0 Å². The Morgan fingerprint density at radius 3 is 2.53 bits per heavy atom. The Balaban J connectivity index is 3.03. The number of nitrogen functional groups attached to an aromatic ring is 1. The number of aliphatic carboxylic acids is 1. The largest absolute Gasteiger partial charge is 0.481 e. The standard InChI is InChI=1S/C13H18ClNO2/c1-13(2,3)9(12(16)17)7-8-5-4-6-10(15)11(8)14/h4-6,9H,7,15H2,1-3H3,(H,16,17). The smallest absolute Gasteiger partial charge is 0.307 e. The van der Waals surface area contributed by atoms with E-state index >= 15 is 0 Å². The fraction of sp³-hybridized carbons (Fsp3) is 0.462. The summed E-state index contributed by atoms with van der Waals surface area (Å²) in [5, 5.41) is 9.72. The summed E-state index contributed by atoms with van der Waals surface area (Å²) in [6, 6.07) is 5.32. The van der Waals surface area contributed by atoms with Gasteiger partial charge in [0.1, 0.15) is 0 Å². The van der Waals surface area contributed by atoms with Gasteiger partial charge in [0.15, 0.2) is 0 Å². The SMILES string of the molecule is CC(C)(C)C(Cc1cccc(N)c1Cl)C(=O)O. The van der Waals surface area contributed by atoms with Crippen molar-refractivity contribution in [2.24, 2.45) is 11.3 Å². The molecule has 0 aliphatic rings. The molecule has 0 aromatic heterocycles. The van der Waals surface area contributed by atoms with E-state index in [9.17, 15) is 9.90 Å². The van der Waals surface area contributed by atoms with Gasteiger partial charge in [-0.25, -0.2) is 0 Å². The van der Waals surface area contributed by atoms with Crippen LogP contribution in [0.25, 0.3) is 0 Å². The van der Waals surface area contributed by atoms with Crippen LogP contribution in [-0.4, -0.2) is 11.1 Å². The molecule has 0 heterocycles. The predicted octanol–water partition coefficient (Wildman–Crippen LogP) is 3.21. The van der Waals surface area contributed by atoms with E-state index in [0.29, 0.717) is 17.1 Å². The normalized spacial score (nSPS) is 13.4. The molecule has 1 atom stereocenters. The number of benzene rings is 1. The van der Waals surface area contributed by atoms with Crippen LogP contribution in [0.1, 0.15) is 26.3 Å². The van der Waals surface area contributed by atoms with Crippen LogP contribution in [0.3, 0.4) is 0 Å². The van der Waals surface area contributed by atoms with E-state index in [-0.39, 0.29) is 5.41 Å². The number of hydrogen-bond donors (Lipinski definition) is 2. The number of halogens is 1. The quantitative estimate of drug-likeness (QED) is 0.816. The van der Waals surface area contributed by atoms with E-state index in [0.717, 1.165) is 5.56 Å². The molecule has 1 aromatic rings. The Labute approximate surface area is 107 Å². The maximum absolute atomic E-state index is 11.3. The van der Waals surface area contributed by atoms with E-state index in [2.05, 4.69) is 0 Å². The molecule has 0 bridgehead atoms. The van der Waals surface area contributed by atoms with Gasteiger partial charge in [0.25, 0.3) is 0 Å². The molecule has 3 N–H and O–H groups in total. The van der Waals surface area contributed by atoms with Gasteiger partial charge in [-0.1, -0.05) is 44.5 Å². The van der Waals surface area contributed by atoms with E-state index in [4.69, 9.17) is 17.3 Å². The van der Waals surface area contributed by atoms with Crippen molar-refractivity contribution in [2.45, 2.75) is 27.2 Å². The van der Waals surface area contributed by atoms with Gasteiger partial charge in [0, 0.05) is 0 Å². The summed E-state index contributed by atoms with van der Waals surface area (Å²) in [5.74, 6) is -1.29. The highest BCUT2D eigenvalue weighted by molar-refractivity contribution is 6.33. The number of nitrogens with two attached hydrogens (primary N) is 1. The molecule has 94 valence electrons. The third-order valence-corrected chi connectivity index (χ3v) is 3.34. The van der Waals surface area contributed by atoms with Gasteiger partial charge in [0.2, 0.25) is 0 Å². The van der Waals surface area contributed by atoms with Crippen molar-refractivity contribution in [1.82, 2.24) is 0 Å². The van der Waals surface area contributed by atoms with Gasteiger partial charge in [-0.05, 0) is 23.5 Å². The summed E-state index contributed by atoms with van der Waals surface area (Å²) in [6.45, 7) is 5.73. The number of rotatable bonds is 3. The highest BCUT2D eigenvalue weighted by atomic mass is 35.5. The molecule has 17 heavy (non-hydrogen) atoms. The monoisotopic (exact) mass is 255 g/mol. The van der Waals surface area contributed by atoms with Gasteiger partial charge in [0.05, 0.1) is 16.6 Å². The molecule has 3 nitrogen and oxygen atoms in total. The van der Waals surface area contributed by atoms with Crippen LogP contribution < -0.4 is 5.73 Å². The minimum atomic E-state index is -0.809. The van der Waals surface area contributed by atoms with Crippen LogP contribution in [0.2, 0.25) is 5.02 Å². The van der Waals surface area contributed by atoms with Crippen molar-refractivity contribution < 1.29 is 9.90 Å². The number of carboxylic acid groups (broad SMARTS) is 1. The van der Waals surface area contributed by atoms with Crippen molar-refractivity contribution in [1.29, 1.82) is 0 Å².